The first-order valence-corrected chi connectivity index (χ1v) is 6.25. The summed E-state index contributed by atoms with van der Waals surface area (Å²) in [7, 11) is 1.64. The van der Waals surface area contributed by atoms with Crippen molar-refractivity contribution >= 4 is 0 Å². The minimum Gasteiger partial charge on any atom is -0.497 e. The molecule has 0 aliphatic carbocycles. The topological polar surface area (TPSA) is 61.7 Å². The maximum atomic E-state index is 10.2. The molecular weight excluding hydrogens is 230 g/mol. The molecule has 1 aromatic rings. The SMILES string of the molecule is COc1cc(C)c(C(O)CNCCCO)c(C)c1. The number of nitrogens with one attached hydrogen (secondary N) is 1. The molecule has 102 valence electrons. The van der Waals surface area contributed by atoms with Crippen LogP contribution < -0.4 is 10.1 Å². The molecule has 0 saturated carbocycles. The van der Waals surface area contributed by atoms with Crippen molar-refractivity contribution in [3.8, 4) is 5.75 Å². The van der Waals surface area contributed by atoms with Crippen LogP contribution in [0.15, 0.2) is 12.1 Å². The van der Waals surface area contributed by atoms with Gasteiger partial charge in [0, 0.05) is 13.2 Å². The van der Waals surface area contributed by atoms with Crippen LogP contribution in [0, 0.1) is 13.8 Å². The molecule has 0 amide bonds. The van der Waals surface area contributed by atoms with E-state index in [2.05, 4.69) is 5.32 Å². The van der Waals surface area contributed by atoms with Gasteiger partial charge in [-0.2, -0.15) is 0 Å². The number of aryl methyl sites for hydroxylation is 2. The first kappa shape index (κ1) is 15.0. The fourth-order valence-electron chi connectivity index (χ4n) is 2.12. The number of benzene rings is 1. The first-order valence-electron chi connectivity index (χ1n) is 6.25. The Morgan fingerprint density at radius 1 is 1.28 bits per heavy atom. The highest BCUT2D eigenvalue weighted by molar-refractivity contribution is 5.42. The average Bonchev–Trinajstić information content (AvgIpc) is 2.33. The molecule has 0 aliphatic heterocycles. The van der Waals surface area contributed by atoms with Gasteiger partial charge in [-0.05, 0) is 55.6 Å². The minimum atomic E-state index is -0.533. The summed E-state index contributed by atoms with van der Waals surface area (Å²) in [5.74, 6) is 0.814. The third-order valence-electron chi connectivity index (χ3n) is 2.99. The number of aliphatic hydroxyl groups excluding tert-OH is 2. The molecule has 0 bridgehead atoms. The quantitative estimate of drug-likeness (QED) is 0.641. The lowest BCUT2D eigenvalue weighted by molar-refractivity contribution is 0.172. The van der Waals surface area contributed by atoms with Crippen LogP contribution in [-0.2, 0) is 0 Å². The van der Waals surface area contributed by atoms with Gasteiger partial charge >= 0.3 is 0 Å². The highest BCUT2D eigenvalue weighted by Crippen LogP contribution is 2.26. The lowest BCUT2D eigenvalue weighted by Gasteiger charge is -2.18. The van der Waals surface area contributed by atoms with Crippen molar-refractivity contribution in [2.24, 2.45) is 0 Å². The Kier molecular flexibility index (Phi) is 6.12. The normalized spacial score (nSPS) is 12.5. The minimum absolute atomic E-state index is 0.170. The third-order valence-corrected chi connectivity index (χ3v) is 2.99. The largest absolute Gasteiger partial charge is 0.497 e. The molecule has 0 radical (unpaired) electrons. The van der Waals surface area contributed by atoms with Gasteiger partial charge in [-0.3, -0.25) is 0 Å². The number of methoxy groups -OCH3 is 1. The molecule has 18 heavy (non-hydrogen) atoms. The van der Waals surface area contributed by atoms with Crippen molar-refractivity contribution in [1.82, 2.24) is 5.32 Å². The lowest BCUT2D eigenvalue weighted by Crippen LogP contribution is -2.24. The second kappa shape index (κ2) is 7.36. The summed E-state index contributed by atoms with van der Waals surface area (Å²) in [6, 6.07) is 3.86. The van der Waals surface area contributed by atoms with Crippen molar-refractivity contribution in [2.45, 2.75) is 26.4 Å². The molecule has 0 aromatic heterocycles. The van der Waals surface area contributed by atoms with Gasteiger partial charge in [-0.1, -0.05) is 0 Å². The third kappa shape index (κ3) is 3.98. The van der Waals surface area contributed by atoms with E-state index in [-0.39, 0.29) is 6.61 Å². The fourth-order valence-corrected chi connectivity index (χ4v) is 2.12. The van der Waals surface area contributed by atoms with Crippen molar-refractivity contribution in [2.75, 3.05) is 26.8 Å². The summed E-state index contributed by atoms with van der Waals surface area (Å²) < 4.78 is 5.20. The Hall–Kier alpha value is -1.10. The van der Waals surface area contributed by atoms with Crippen LogP contribution in [0.1, 0.15) is 29.2 Å². The Morgan fingerprint density at radius 2 is 1.89 bits per heavy atom. The predicted molar refractivity (Wildman–Crippen MR) is 72.0 cm³/mol. The van der Waals surface area contributed by atoms with E-state index in [0.717, 1.165) is 22.4 Å². The van der Waals surface area contributed by atoms with E-state index >= 15 is 0 Å². The van der Waals surface area contributed by atoms with E-state index in [0.29, 0.717) is 19.5 Å². The molecule has 1 unspecified atom stereocenters. The Morgan fingerprint density at radius 3 is 2.39 bits per heavy atom. The fraction of sp³-hybridized carbons (Fsp3) is 0.571. The Balaban J connectivity index is 2.70. The van der Waals surface area contributed by atoms with Crippen LogP contribution in [-0.4, -0.2) is 37.0 Å². The van der Waals surface area contributed by atoms with Crippen LogP contribution in [0.4, 0.5) is 0 Å². The molecule has 1 rings (SSSR count). The van der Waals surface area contributed by atoms with Crippen LogP contribution in [0.3, 0.4) is 0 Å². The molecule has 4 nitrogen and oxygen atoms in total. The summed E-state index contributed by atoms with van der Waals surface area (Å²) in [6.07, 6.45) is 0.169. The van der Waals surface area contributed by atoms with Crippen LogP contribution in [0.2, 0.25) is 0 Å². The molecule has 0 saturated heterocycles. The zero-order valence-corrected chi connectivity index (χ0v) is 11.4. The number of ether oxygens (including phenoxy) is 1. The summed E-state index contributed by atoms with van der Waals surface area (Å²) >= 11 is 0. The van der Waals surface area contributed by atoms with Gasteiger partial charge in [-0.25, -0.2) is 0 Å². The Labute approximate surface area is 109 Å². The van der Waals surface area contributed by atoms with E-state index < -0.39 is 6.10 Å². The zero-order chi connectivity index (χ0) is 13.5. The van der Waals surface area contributed by atoms with E-state index in [9.17, 15) is 5.11 Å². The molecule has 0 heterocycles. The second-order valence-corrected chi connectivity index (χ2v) is 4.47. The molecule has 0 fully saturated rings. The Bertz CT molecular complexity index is 356. The maximum Gasteiger partial charge on any atom is 0.119 e. The van der Waals surface area contributed by atoms with E-state index in [1.165, 1.54) is 0 Å². The molecule has 0 spiro atoms. The standard InChI is InChI=1S/C14H23NO3/c1-10-7-12(18-3)8-11(2)14(10)13(17)9-15-5-4-6-16/h7-8,13,15-17H,4-6,9H2,1-3H3. The van der Waals surface area contributed by atoms with Gasteiger partial charge in [0.05, 0.1) is 13.2 Å². The lowest BCUT2D eigenvalue weighted by atomic mass is 9.97. The van der Waals surface area contributed by atoms with Gasteiger partial charge in [-0.15, -0.1) is 0 Å². The molecule has 1 aromatic carbocycles. The number of rotatable bonds is 7. The van der Waals surface area contributed by atoms with Crippen LogP contribution in [0.5, 0.6) is 5.75 Å². The summed E-state index contributed by atoms with van der Waals surface area (Å²) in [6.45, 7) is 5.32. The van der Waals surface area contributed by atoms with Crippen molar-refractivity contribution in [3.63, 3.8) is 0 Å². The molecule has 4 heteroatoms. The summed E-state index contributed by atoms with van der Waals surface area (Å²) in [5, 5.41) is 22.0. The van der Waals surface area contributed by atoms with Gasteiger partial charge in [0.25, 0.3) is 0 Å². The first-order chi connectivity index (χ1) is 8.60. The van der Waals surface area contributed by atoms with Crippen molar-refractivity contribution in [3.05, 3.63) is 28.8 Å². The smallest absolute Gasteiger partial charge is 0.119 e. The van der Waals surface area contributed by atoms with Crippen LogP contribution in [0.25, 0.3) is 0 Å². The predicted octanol–water partition coefficient (Wildman–Crippen LogP) is 1.32. The van der Waals surface area contributed by atoms with Crippen LogP contribution >= 0.6 is 0 Å². The molecule has 3 N–H and O–H groups in total. The van der Waals surface area contributed by atoms with Gasteiger partial charge < -0.3 is 20.3 Å². The summed E-state index contributed by atoms with van der Waals surface area (Å²) in [4.78, 5) is 0. The second-order valence-electron chi connectivity index (χ2n) is 4.47. The van der Waals surface area contributed by atoms with E-state index in [1.54, 1.807) is 7.11 Å². The number of hydrogen-bond donors (Lipinski definition) is 3. The van der Waals surface area contributed by atoms with Gasteiger partial charge in [0.2, 0.25) is 0 Å². The summed E-state index contributed by atoms with van der Waals surface area (Å²) in [5.41, 5.74) is 3.01. The molecule has 1 atom stereocenters. The zero-order valence-electron chi connectivity index (χ0n) is 11.4. The van der Waals surface area contributed by atoms with E-state index in [1.807, 2.05) is 26.0 Å². The highest BCUT2D eigenvalue weighted by atomic mass is 16.5. The average molecular weight is 253 g/mol. The number of hydrogen-bond acceptors (Lipinski definition) is 4. The number of aliphatic hydroxyl groups is 2. The van der Waals surface area contributed by atoms with Gasteiger partial charge in [0.1, 0.15) is 5.75 Å². The van der Waals surface area contributed by atoms with Gasteiger partial charge in [0.15, 0.2) is 0 Å². The molecular formula is C14H23NO3. The molecule has 0 aliphatic rings. The highest BCUT2D eigenvalue weighted by Gasteiger charge is 2.14. The van der Waals surface area contributed by atoms with E-state index in [4.69, 9.17) is 9.84 Å². The van der Waals surface area contributed by atoms with Crippen molar-refractivity contribution in [1.29, 1.82) is 0 Å². The maximum absolute atomic E-state index is 10.2. The monoisotopic (exact) mass is 253 g/mol. The van der Waals surface area contributed by atoms with Crippen molar-refractivity contribution < 1.29 is 14.9 Å².